The van der Waals surface area contributed by atoms with Gasteiger partial charge >= 0.3 is 6.09 Å². The van der Waals surface area contributed by atoms with E-state index in [2.05, 4.69) is 0 Å². The van der Waals surface area contributed by atoms with Crippen LogP contribution in [0.15, 0.2) is 30.3 Å². The lowest BCUT2D eigenvalue weighted by atomic mass is 10.2. The van der Waals surface area contributed by atoms with Crippen molar-refractivity contribution in [2.45, 2.75) is 57.0 Å². The summed E-state index contributed by atoms with van der Waals surface area (Å²) in [5.41, 5.74) is 0.944. The Morgan fingerprint density at radius 1 is 1.27 bits per heavy atom. The summed E-state index contributed by atoms with van der Waals surface area (Å²) in [5, 5.41) is 1.32. The van der Waals surface area contributed by atoms with Crippen LogP contribution >= 0.6 is 0 Å². The molecule has 1 amide bonds. The van der Waals surface area contributed by atoms with E-state index in [0.29, 0.717) is 0 Å². The van der Waals surface area contributed by atoms with Crippen LogP contribution in [0.2, 0.25) is 0 Å². The fourth-order valence-corrected chi connectivity index (χ4v) is 3.43. The first-order valence-electron chi connectivity index (χ1n) is 7.56. The molecule has 2 bridgehead atoms. The Bertz CT molecular complexity index is 575. The Kier molecular flexibility index (Phi) is 3.14. The summed E-state index contributed by atoms with van der Waals surface area (Å²) >= 11 is 0. The molecule has 0 aromatic heterocycles. The number of hydrogen-bond donors (Lipinski definition) is 0. The van der Waals surface area contributed by atoms with Crippen molar-refractivity contribution < 1.29 is 23.8 Å². The average molecular weight is 305 g/mol. The maximum Gasteiger partial charge on any atom is 0.434 e. The topological polar surface area (TPSA) is 57.2 Å². The fourth-order valence-electron chi connectivity index (χ4n) is 3.43. The molecule has 4 atom stereocenters. The first-order valence-corrected chi connectivity index (χ1v) is 7.56. The van der Waals surface area contributed by atoms with Gasteiger partial charge in [0, 0.05) is 6.42 Å². The van der Waals surface area contributed by atoms with Crippen LogP contribution in [0.3, 0.4) is 0 Å². The molecule has 0 unspecified atom stereocenters. The fraction of sp³-hybridized carbons (Fsp3) is 0.562. The zero-order chi connectivity index (χ0) is 15.3. The highest BCUT2D eigenvalue weighted by Crippen LogP contribution is 2.46. The lowest BCUT2D eigenvalue weighted by Gasteiger charge is -2.30. The number of hydrogen-bond acceptors (Lipinski definition) is 5. The molecule has 0 spiro atoms. The molecule has 1 aromatic rings. The van der Waals surface area contributed by atoms with Crippen LogP contribution in [0.25, 0.3) is 0 Å². The molecule has 22 heavy (non-hydrogen) atoms. The van der Waals surface area contributed by atoms with Crippen LogP contribution in [0.4, 0.5) is 4.79 Å². The number of ether oxygens (including phenoxy) is 3. The highest BCUT2D eigenvalue weighted by molar-refractivity contribution is 5.67. The minimum absolute atomic E-state index is 0.0989. The number of hydroxylamine groups is 2. The number of fused-ring (bicyclic) bond motifs is 5. The number of rotatable bonds is 2. The molecule has 1 aromatic carbocycles. The molecule has 1 saturated carbocycles. The summed E-state index contributed by atoms with van der Waals surface area (Å²) in [6, 6.07) is 9.43. The van der Waals surface area contributed by atoms with E-state index in [1.165, 1.54) is 5.06 Å². The molecule has 0 N–H and O–H groups in total. The summed E-state index contributed by atoms with van der Waals surface area (Å²) in [6.45, 7) is 3.99. The van der Waals surface area contributed by atoms with E-state index in [4.69, 9.17) is 19.0 Å². The van der Waals surface area contributed by atoms with E-state index in [1.807, 2.05) is 44.2 Å². The molecule has 1 aliphatic carbocycles. The smallest absolute Gasteiger partial charge is 0.434 e. The van der Waals surface area contributed by atoms with Crippen LogP contribution in [0, 0.1) is 0 Å². The van der Waals surface area contributed by atoms with E-state index in [0.717, 1.165) is 12.0 Å². The summed E-state index contributed by atoms with van der Waals surface area (Å²) in [6.07, 6.45) is -0.119. The third-order valence-corrected chi connectivity index (χ3v) is 4.32. The van der Waals surface area contributed by atoms with E-state index < -0.39 is 11.9 Å². The standard InChI is InChI=1S/C16H19NO5/c1-16(2)20-13-11-8-12(14(13)21-16)22-17(11)15(18)19-9-10-6-4-3-5-7-10/h3-7,11-14H,8-9H2,1-2H3/t11-,12+,13+,14-/m1/s1. The average Bonchev–Trinajstić information content (AvgIpc) is 3.14. The molecule has 2 heterocycles. The van der Waals surface area contributed by atoms with Gasteiger partial charge < -0.3 is 14.2 Å². The highest BCUT2D eigenvalue weighted by Gasteiger charge is 2.62. The predicted molar refractivity (Wildman–Crippen MR) is 75.6 cm³/mol. The Balaban J connectivity index is 1.39. The van der Waals surface area contributed by atoms with E-state index in [9.17, 15) is 4.79 Å². The summed E-state index contributed by atoms with van der Waals surface area (Å²) in [7, 11) is 0. The summed E-state index contributed by atoms with van der Waals surface area (Å²) < 4.78 is 17.1. The molecule has 4 rings (SSSR count). The third kappa shape index (κ3) is 2.27. The van der Waals surface area contributed by atoms with Gasteiger partial charge in [-0.2, -0.15) is 5.06 Å². The van der Waals surface area contributed by atoms with Crippen molar-refractivity contribution in [1.82, 2.24) is 5.06 Å². The van der Waals surface area contributed by atoms with E-state index >= 15 is 0 Å². The zero-order valence-corrected chi connectivity index (χ0v) is 12.6. The minimum Gasteiger partial charge on any atom is -0.443 e. The molecule has 0 radical (unpaired) electrons. The normalized spacial score (nSPS) is 34.7. The van der Waals surface area contributed by atoms with Crippen LogP contribution in [0.1, 0.15) is 25.8 Å². The van der Waals surface area contributed by atoms with Crippen LogP contribution < -0.4 is 0 Å². The molecule has 2 saturated heterocycles. The van der Waals surface area contributed by atoms with Gasteiger partial charge in [-0.1, -0.05) is 30.3 Å². The Morgan fingerprint density at radius 2 is 2.00 bits per heavy atom. The van der Waals surface area contributed by atoms with Gasteiger partial charge in [-0.25, -0.2) is 4.79 Å². The van der Waals surface area contributed by atoms with Crippen molar-refractivity contribution in [1.29, 1.82) is 0 Å². The van der Waals surface area contributed by atoms with Gasteiger partial charge in [0.25, 0.3) is 0 Å². The van der Waals surface area contributed by atoms with Gasteiger partial charge in [0.1, 0.15) is 24.9 Å². The van der Waals surface area contributed by atoms with Crippen molar-refractivity contribution in [3.63, 3.8) is 0 Å². The Labute approximate surface area is 128 Å². The van der Waals surface area contributed by atoms with E-state index in [-0.39, 0.29) is 31.0 Å². The molecule has 6 heteroatoms. The molecular weight excluding hydrogens is 286 g/mol. The first kappa shape index (κ1) is 14.0. The summed E-state index contributed by atoms with van der Waals surface area (Å²) in [4.78, 5) is 17.9. The molecular formula is C16H19NO5. The monoisotopic (exact) mass is 305 g/mol. The number of nitrogens with zero attached hydrogens (tertiary/aromatic N) is 1. The van der Waals surface area contributed by atoms with Crippen molar-refractivity contribution in [2.75, 3.05) is 0 Å². The van der Waals surface area contributed by atoms with Gasteiger partial charge in [-0.3, -0.25) is 4.84 Å². The van der Waals surface area contributed by atoms with Crippen molar-refractivity contribution in [3.05, 3.63) is 35.9 Å². The predicted octanol–water partition coefficient (Wildman–Crippen LogP) is 2.23. The first-order chi connectivity index (χ1) is 10.5. The highest BCUT2D eigenvalue weighted by atomic mass is 16.8. The second-order valence-corrected chi connectivity index (χ2v) is 6.38. The number of benzene rings is 1. The lowest BCUT2D eigenvalue weighted by Crippen LogP contribution is -2.49. The molecule has 2 aliphatic heterocycles. The Morgan fingerprint density at radius 3 is 2.77 bits per heavy atom. The van der Waals surface area contributed by atoms with Gasteiger partial charge in [0.2, 0.25) is 0 Å². The van der Waals surface area contributed by atoms with Crippen molar-refractivity contribution in [3.8, 4) is 0 Å². The van der Waals surface area contributed by atoms with E-state index in [1.54, 1.807) is 0 Å². The summed E-state index contributed by atoms with van der Waals surface area (Å²) in [5.74, 6) is -0.625. The van der Waals surface area contributed by atoms with Gasteiger partial charge in [0.15, 0.2) is 5.79 Å². The lowest BCUT2D eigenvalue weighted by molar-refractivity contribution is -0.202. The quantitative estimate of drug-likeness (QED) is 0.838. The SMILES string of the molecule is CC1(C)O[C@@H]2[C@H](O1)[C@@H]1C[C@H]2N(C(=O)OCc2ccccc2)O1. The number of carbonyl (C=O) groups excluding carboxylic acids is 1. The van der Waals surface area contributed by atoms with Gasteiger partial charge in [-0.15, -0.1) is 0 Å². The van der Waals surface area contributed by atoms with Gasteiger partial charge in [0.05, 0.1) is 6.04 Å². The maximum absolute atomic E-state index is 12.2. The third-order valence-electron chi connectivity index (χ3n) is 4.32. The van der Waals surface area contributed by atoms with Crippen LogP contribution in [-0.2, 0) is 25.7 Å². The largest absolute Gasteiger partial charge is 0.443 e. The zero-order valence-electron chi connectivity index (χ0n) is 12.6. The Hall–Kier alpha value is -1.63. The second kappa shape index (κ2) is 4.94. The van der Waals surface area contributed by atoms with Gasteiger partial charge in [-0.05, 0) is 19.4 Å². The van der Waals surface area contributed by atoms with Crippen molar-refractivity contribution >= 4 is 6.09 Å². The van der Waals surface area contributed by atoms with Crippen LogP contribution in [-0.4, -0.2) is 41.3 Å². The molecule has 6 nitrogen and oxygen atoms in total. The maximum atomic E-state index is 12.2. The second-order valence-electron chi connectivity index (χ2n) is 6.38. The number of amides is 1. The molecule has 118 valence electrons. The van der Waals surface area contributed by atoms with Crippen LogP contribution in [0.5, 0.6) is 0 Å². The minimum atomic E-state index is -0.625. The number of carbonyl (C=O) groups is 1. The molecule has 3 fully saturated rings. The molecule has 3 aliphatic rings. The van der Waals surface area contributed by atoms with Crippen molar-refractivity contribution in [2.24, 2.45) is 0 Å².